The standard InChI is InChI=1S/C59H90N8O11/c1-16-26-41-53(71)66(15)49(59(10,11)77)58(76)78-48(38(9)18-3)57(75)65(14)47(36(6)7)52(70)61-42(33-39-27-21-19-22-28-39)54(72)63(12)44(34-40-29-23-20-24-30-40)55(73)67-32-25-31-43(67)50(68)62-45(37(8)17-2)56(74)64(13)46(35(4)5)51(69)60-41/h19-24,27-30,35-38,41-49,77H,16-18,25-26,31-34H2,1-15H3,(H,60,69)(H,61,70)(H,62,68)/t37-,38+,41-,42-,43-,44-,45-,46-,47-,48+,49+/m0/s1. The van der Waals surface area contributed by atoms with E-state index in [1.54, 1.807) is 79.7 Å². The van der Waals surface area contributed by atoms with Crippen LogP contribution in [0.2, 0.25) is 0 Å². The number of nitrogens with zero attached hydrogens (tertiary/aromatic N) is 5. The molecule has 78 heavy (non-hydrogen) atoms. The van der Waals surface area contributed by atoms with E-state index in [0.717, 1.165) is 10.5 Å². The van der Waals surface area contributed by atoms with Gasteiger partial charge in [-0.15, -0.1) is 0 Å². The molecule has 0 unspecified atom stereocenters. The van der Waals surface area contributed by atoms with Gasteiger partial charge in [0.2, 0.25) is 41.4 Å². The minimum atomic E-state index is -1.96. The van der Waals surface area contributed by atoms with E-state index >= 15 is 9.59 Å². The first-order valence-electron chi connectivity index (χ1n) is 27.9. The fourth-order valence-electron chi connectivity index (χ4n) is 10.8. The number of benzene rings is 2. The number of cyclic esters (lactones) is 1. The number of hydrogen-bond donors (Lipinski definition) is 4. The zero-order valence-electron chi connectivity index (χ0n) is 48.9. The van der Waals surface area contributed by atoms with Crippen LogP contribution in [0.5, 0.6) is 0 Å². The van der Waals surface area contributed by atoms with Crippen LogP contribution in [0.15, 0.2) is 60.7 Å². The molecule has 19 heteroatoms. The lowest BCUT2D eigenvalue weighted by molar-refractivity contribution is -0.177. The second-order valence-electron chi connectivity index (χ2n) is 22.8. The van der Waals surface area contributed by atoms with Gasteiger partial charge in [-0.25, -0.2) is 4.79 Å². The Kier molecular flexibility index (Phi) is 23.4. The van der Waals surface area contributed by atoms with Crippen molar-refractivity contribution in [1.29, 1.82) is 0 Å². The Balaban J connectivity index is 1.97. The Morgan fingerprint density at radius 2 is 1.08 bits per heavy atom. The van der Waals surface area contributed by atoms with E-state index in [4.69, 9.17) is 4.74 Å². The topological polar surface area (TPSA) is 235 Å². The molecule has 0 aliphatic carbocycles. The van der Waals surface area contributed by atoms with E-state index in [0.29, 0.717) is 31.2 Å². The highest BCUT2D eigenvalue weighted by Gasteiger charge is 2.48. The van der Waals surface area contributed by atoms with Crippen LogP contribution in [-0.2, 0) is 60.7 Å². The third-order valence-electron chi connectivity index (χ3n) is 15.7. The first-order valence-corrected chi connectivity index (χ1v) is 27.9. The van der Waals surface area contributed by atoms with Crippen molar-refractivity contribution < 1.29 is 53.0 Å². The number of rotatable bonds is 13. The summed E-state index contributed by atoms with van der Waals surface area (Å²) >= 11 is 0. The normalized spacial score (nSPS) is 26.6. The van der Waals surface area contributed by atoms with Crippen LogP contribution in [-0.4, -0.2) is 178 Å². The Labute approximate surface area is 462 Å². The summed E-state index contributed by atoms with van der Waals surface area (Å²) in [7, 11) is 5.66. The maximum atomic E-state index is 15.3. The number of likely N-dealkylation sites (N-methyl/N-ethyl adjacent to an activating group) is 4. The van der Waals surface area contributed by atoms with E-state index in [2.05, 4.69) is 16.0 Å². The van der Waals surface area contributed by atoms with Gasteiger partial charge in [0.1, 0.15) is 42.3 Å². The summed E-state index contributed by atoms with van der Waals surface area (Å²) in [5.74, 6) is -8.44. The molecule has 11 atom stereocenters. The Morgan fingerprint density at radius 1 is 0.590 bits per heavy atom. The molecule has 0 aromatic heterocycles. The lowest BCUT2D eigenvalue weighted by atomic mass is 9.94. The molecule has 8 amide bonds. The summed E-state index contributed by atoms with van der Waals surface area (Å²) in [4.78, 5) is 140. The van der Waals surface area contributed by atoms with Crippen molar-refractivity contribution in [2.45, 2.75) is 188 Å². The van der Waals surface area contributed by atoms with Gasteiger partial charge in [-0.1, -0.05) is 136 Å². The molecule has 0 radical (unpaired) electrons. The van der Waals surface area contributed by atoms with Crippen molar-refractivity contribution in [2.24, 2.45) is 23.7 Å². The van der Waals surface area contributed by atoms with E-state index in [9.17, 15) is 38.7 Å². The molecular formula is C59H90N8O11. The lowest BCUT2D eigenvalue weighted by Gasteiger charge is -2.39. The maximum absolute atomic E-state index is 15.3. The van der Waals surface area contributed by atoms with Gasteiger partial charge in [0, 0.05) is 53.5 Å². The highest BCUT2D eigenvalue weighted by atomic mass is 16.6. The monoisotopic (exact) mass is 1090 g/mol. The average Bonchev–Trinajstić information content (AvgIpc) is 3.89. The van der Waals surface area contributed by atoms with Crippen molar-refractivity contribution >= 4 is 53.2 Å². The molecule has 4 N–H and O–H groups in total. The van der Waals surface area contributed by atoms with Crippen LogP contribution in [0.25, 0.3) is 0 Å². The molecule has 2 saturated heterocycles. The molecule has 0 saturated carbocycles. The molecule has 432 valence electrons. The molecule has 4 rings (SSSR count). The summed E-state index contributed by atoms with van der Waals surface area (Å²) < 4.78 is 6.07. The number of ether oxygens (including phenoxy) is 1. The first-order chi connectivity index (χ1) is 36.6. The number of amides is 8. The predicted octanol–water partition coefficient (Wildman–Crippen LogP) is 4.13. The zero-order chi connectivity index (χ0) is 58.5. The smallest absolute Gasteiger partial charge is 0.332 e. The van der Waals surface area contributed by atoms with Crippen molar-refractivity contribution in [1.82, 2.24) is 40.4 Å². The summed E-state index contributed by atoms with van der Waals surface area (Å²) in [5, 5.41) is 20.4. The minimum absolute atomic E-state index is 0.00568. The van der Waals surface area contributed by atoms with Gasteiger partial charge in [0.15, 0.2) is 12.1 Å². The number of hydrogen-bond acceptors (Lipinski definition) is 11. The molecule has 2 aromatic carbocycles. The SMILES string of the molecule is CCC[C@@H]1NC(=O)[C@H](C(C)C)N(C)C(=O)[C@H]([C@@H](C)CC)NC(=O)[C@@H]2CCCN2C(=O)[C@H](Cc2ccccc2)N(C)C(=O)[C@H](Cc2ccccc2)NC(=O)[C@H](C(C)C)N(C)C(=O)[C@@H]([C@H](C)CC)OC(=O)[C@H](C(C)(C)O)N(C)C1=O. The molecule has 2 heterocycles. The Morgan fingerprint density at radius 3 is 1.56 bits per heavy atom. The fraction of sp³-hybridized carbons (Fsp3) is 0.644. The summed E-state index contributed by atoms with van der Waals surface area (Å²) in [6.45, 7) is 18.7. The van der Waals surface area contributed by atoms with Gasteiger partial charge < -0.3 is 50.3 Å². The maximum Gasteiger partial charge on any atom is 0.332 e. The van der Waals surface area contributed by atoms with Gasteiger partial charge in [-0.3, -0.25) is 38.4 Å². The summed E-state index contributed by atoms with van der Waals surface area (Å²) in [6.07, 6.45) is 0.530. The molecule has 0 bridgehead atoms. The zero-order valence-corrected chi connectivity index (χ0v) is 48.9. The van der Waals surface area contributed by atoms with Gasteiger partial charge in [0.25, 0.3) is 5.91 Å². The average molecular weight is 1090 g/mol. The quantitative estimate of drug-likeness (QED) is 0.208. The number of carbonyl (C=O) groups excluding carboxylic acids is 9. The second-order valence-corrected chi connectivity index (χ2v) is 22.8. The van der Waals surface area contributed by atoms with Gasteiger partial charge in [-0.2, -0.15) is 0 Å². The van der Waals surface area contributed by atoms with Crippen LogP contribution in [0.3, 0.4) is 0 Å². The van der Waals surface area contributed by atoms with Crippen LogP contribution < -0.4 is 16.0 Å². The molecule has 2 aliphatic rings. The van der Waals surface area contributed by atoms with Crippen LogP contribution in [0, 0.1) is 23.7 Å². The van der Waals surface area contributed by atoms with E-state index in [1.165, 1.54) is 61.6 Å². The van der Waals surface area contributed by atoms with Crippen LogP contribution >= 0.6 is 0 Å². The lowest BCUT2D eigenvalue weighted by Crippen LogP contribution is -2.63. The van der Waals surface area contributed by atoms with Crippen molar-refractivity contribution in [3.63, 3.8) is 0 Å². The molecule has 19 nitrogen and oxygen atoms in total. The third-order valence-corrected chi connectivity index (χ3v) is 15.7. The predicted molar refractivity (Wildman–Crippen MR) is 297 cm³/mol. The number of carbonyl (C=O) groups is 9. The van der Waals surface area contributed by atoms with E-state index in [1.807, 2.05) is 43.3 Å². The number of nitrogens with one attached hydrogen (secondary N) is 3. The van der Waals surface area contributed by atoms with Crippen LogP contribution in [0.4, 0.5) is 0 Å². The molecule has 2 aliphatic heterocycles. The van der Waals surface area contributed by atoms with Crippen LogP contribution in [0.1, 0.15) is 126 Å². The van der Waals surface area contributed by atoms with Crippen molar-refractivity contribution in [3.05, 3.63) is 71.8 Å². The van der Waals surface area contributed by atoms with Gasteiger partial charge >= 0.3 is 5.97 Å². The first kappa shape index (κ1) is 64.2. The van der Waals surface area contributed by atoms with Gasteiger partial charge in [0.05, 0.1) is 5.60 Å². The third kappa shape index (κ3) is 15.7. The number of aliphatic hydroxyl groups is 1. The number of esters is 1. The second kappa shape index (κ2) is 28.5. The highest BCUT2D eigenvalue weighted by Crippen LogP contribution is 2.27. The minimum Gasteiger partial charge on any atom is -0.450 e. The largest absolute Gasteiger partial charge is 0.450 e. The van der Waals surface area contributed by atoms with E-state index in [-0.39, 0.29) is 32.2 Å². The molecular weight excluding hydrogens is 997 g/mol. The summed E-state index contributed by atoms with van der Waals surface area (Å²) in [5.41, 5.74) is -0.542. The molecule has 2 aromatic rings. The Bertz CT molecular complexity index is 2400. The van der Waals surface area contributed by atoms with Crippen molar-refractivity contribution in [2.75, 3.05) is 34.7 Å². The van der Waals surface area contributed by atoms with Crippen molar-refractivity contribution in [3.8, 4) is 0 Å². The summed E-state index contributed by atoms with van der Waals surface area (Å²) in [6, 6.07) is 8.16. The van der Waals surface area contributed by atoms with Gasteiger partial charge in [-0.05, 0) is 68.4 Å². The number of fused-ring (bicyclic) bond motifs is 1. The molecule has 0 spiro atoms. The fourth-order valence-corrected chi connectivity index (χ4v) is 10.8. The Hall–Kier alpha value is -6.37. The highest BCUT2D eigenvalue weighted by molar-refractivity contribution is 5.99. The van der Waals surface area contributed by atoms with E-state index < -0.39 is 137 Å². The molecule has 2 fully saturated rings.